The Morgan fingerprint density at radius 3 is 2.65 bits per heavy atom. The molecule has 0 radical (unpaired) electrons. The Morgan fingerprint density at radius 1 is 1.18 bits per heavy atom. The lowest BCUT2D eigenvalue weighted by atomic mass is 10.3. The third-order valence-corrected chi connectivity index (χ3v) is 3.00. The molecular formula is C10H6Br2ClN3O. The third kappa shape index (κ3) is 3.31. The largest absolute Gasteiger partial charge is 0.423 e. The number of hydrogen-bond acceptors (Lipinski definition) is 4. The molecule has 1 heterocycles. The molecule has 0 unspecified atom stereocenters. The van der Waals surface area contributed by atoms with Crippen molar-refractivity contribution in [2.24, 2.45) is 0 Å². The van der Waals surface area contributed by atoms with Crippen LogP contribution in [0.4, 0.5) is 5.82 Å². The molecule has 0 atom stereocenters. The van der Waals surface area contributed by atoms with Crippen molar-refractivity contribution in [2.75, 3.05) is 5.73 Å². The third-order valence-electron chi connectivity index (χ3n) is 1.79. The quantitative estimate of drug-likeness (QED) is 0.801. The van der Waals surface area contributed by atoms with Gasteiger partial charge in [-0.3, -0.25) is 0 Å². The Hall–Kier alpha value is -0.850. The summed E-state index contributed by atoms with van der Waals surface area (Å²) < 4.78 is 6.85. The highest BCUT2D eigenvalue weighted by Gasteiger charge is 2.07. The summed E-state index contributed by atoms with van der Waals surface area (Å²) in [4.78, 5) is 7.97. The van der Waals surface area contributed by atoms with Crippen LogP contribution in [0.15, 0.2) is 33.3 Å². The molecule has 0 saturated carbocycles. The molecule has 0 bridgehead atoms. The summed E-state index contributed by atoms with van der Waals surface area (Å²) in [5.74, 6) is 0.770. The summed E-state index contributed by atoms with van der Waals surface area (Å²) in [6.45, 7) is 0. The number of nitrogen functional groups attached to an aromatic ring is 1. The van der Waals surface area contributed by atoms with Gasteiger partial charge in [0.25, 0.3) is 0 Å². The van der Waals surface area contributed by atoms with E-state index >= 15 is 0 Å². The van der Waals surface area contributed by atoms with Crippen LogP contribution in [-0.2, 0) is 0 Å². The highest BCUT2D eigenvalue weighted by Crippen LogP contribution is 2.31. The number of anilines is 1. The van der Waals surface area contributed by atoms with Crippen LogP contribution in [-0.4, -0.2) is 9.97 Å². The van der Waals surface area contributed by atoms with Crippen molar-refractivity contribution >= 4 is 49.3 Å². The van der Waals surface area contributed by atoms with Crippen LogP contribution in [0.5, 0.6) is 11.8 Å². The fourth-order valence-electron chi connectivity index (χ4n) is 1.11. The van der Waals surface area contributed by atoms with Crippen molar-refractivity contribution in [3.63, 3.8) is 0 Å². The zero-order valence-corrected chi connectivity index (χ0v) is 12.3. The summed E-state index contributed by atoms with van der Waals surface area (Å²) in [5.41, 5.74) is 5.58. The Morgan fingerprint density at radius 2 is 1.94 bits per heavy atom. The van der Waals surface area contributed by atoms with Crippen LogP contribution in [0, 0.1) is 0 Å². The molecule has 17 heavy (non-hydrogen) atoms. The number of halogens is 3. The molecule has 0 amide bonds. The minimum Gasteiger partial charge on any atom is -0.423 e. The average Bonchev–Trinajstić information content (AvgIpc) is 2.22. The van der Waals surface area contributed by atoms with Crippen LogP contribution in [0.25, 0.3) is 0 Å². The molecule has 2 N–H and O–H groups in total. The molecule has 2 aromatic rings. The lowest BCUT2D eigenvalue weighted by molar-refractivity contribution is 0.441. The normalized spacial score (nSPS) is 10.3. The van der Waals surface area contributed by atoms with E-state index in [1.165, 1.54) is 0 Å². The zero-order chi connectivity index (χ0) is 12.4. The number of nitrogens with zero attached hydrogens (tertiary/aromatic N) is 2. The van der Waals surface area contributed by atoms with Gasteiger partial charge in [-0.2, -0.15) is 9.97 Å². The highest BCUT2D eigenvalue weighted by molar-refractivity contribution is 9.10. The minimum atomic E-state index is 0.136. The van der Waals surface area contributed by atoms with Crippen molar-refractivity contribution in [3.8, 4) is 11.8 Å². The van der Waals surface area contributed by atoms with Gasteiger partial charge in [-0.1, -0.05) is 27.5 Å². The number of aromatic nitrogens is 2. The van der Waals surface area contributed by atoms with Gasteiger partial charge in [0.2, 0.25) is 0 Å². The van der Waals surface area contributed by atoms with E-state index in [-0.39, 0.29) is 6.01 Å². The molecule has 2 rings (SSSR count). The number of rotatable bonds is 2. The molecule has 1 aromatic heterocycles. The smallest absolute Gasteiger partial charge is 0.325 e. The first-order valence-corrected chi connectivity index (χ1v) is 6.44. The van der Waals surface area contributed by atoms with Gasteiger partial charge in [-0.05, 0) is 34.1 Å². The van der Waals surface area contributed by atoms with Crippen molar-refractivity contribution < 1.29 is 4.74 Å². The maximum atomic E-state index is 5.98. The maximum absolute atomic E-state index is 5.98. The Balaban J connectivity index is 2.34. The number of benzene rings is 1. The van der Waals surface area contributed by atoms with E-state index in [4.69, 9.17) is 22.1 Å². The van der Waals surface area contributed by atoms with E-state index < -0.39 is 0 Å². The maximum Gasteiger partial charge on any atom is 0.325 e. The first-order valence-electron chi connectivity index (χ1n) is 4.47. The van der Waals surface area contributed by atoms with Crippen LogP contribution < -0.4 is 10.5 Å². The van der Waals surface area contributed by atoms with Crippen molar-refractivity contribution in [3.05, 3.63) is 38.4 Å². The van der Waals surface area contributed by atoms with Gasteiger partial charge in [-0.25, -0.2) is 0 Å². The van der Waals surface area contributed by atoms with Gasteiger partial charge in [-0.15, -0.1) is 0 Å². The number of hydrogen-bond donors (Lipinski definition) is 1. The first kappa shape index (κ1) is 12.6. The number of nitrogens with two attached hydrogens (primary N) is 1. The fourth-order valence-corrected chi connectivity index (χ4v) is 2.00. The molecule has 0 aliphatic heterocycles. The highest BCUT2D eigenvalue weighted by atomic mass is 79.9. The van der Waals surface area contributed by atoms with Crippen molar-refractivity contribution in [1.29, 1.82) is 0 Å². The second-order valence-corrected chi connectivity index (χ2v) is 5.21. The summed E-state index contributed by atoms with van der Waals surface area (Å²) in [6, 6.07) is 6.96. The summed E-state index contributed by atoms with van der Waals surface area (Å²) >= 11 is 12.5. The van der Waals surface area contributed by atoms with Gasteiger partial charge in [0.05, 0.1) is 5.02 Å². The fraction of sp³-hybridized carbons (Fsp3) is 0. The standard InChI is InChI=1S/C10H6Br2ClN3O/c11-5-1-2-6(13)7(3-5)17-10-15-8(12)4-9(14)16-10/h1-4H,(H2,14,15,16). The van der Waals surface area contributed by atoms with Crippen LogP contribution in [0.3, 0.4) is 0 Å². The Kier molecular flexibility index (Phi) is 3.86. The second kappa shape index (κ2) is 5.20. The molecule has 0 spiro atoms. The molecule has 4 nitrogen and oxygen atoms in total. The first-order chi connectivity index (χ1) is 8.04. The van der Waals surface area contributed by atoms with Crippen LogP contribution >= 0.6 is 43.5 Å². The molecule has 7 heteroatoms. The molecule has 88 valence electrons. The monoisotopic (exact) mass is 377 g/mol. The predicted molar refractivity (Wildman–Crippen MR) is 73.4 cm³/mol. The van der Waals surface area contributed by atoms with Gasteiger partial charge in [0.1, 0.15) is 10.4 Å². The predicted octanol–water partition coefficient (Wildman–Crippen LogP) is 4.03. The Labute approximate surface area is 119 Å². The molecule has 0 aliphatic carbocycles. The molecule has 1 aromatic carbocycles. The van der Waals surface area contributed by atoms with E-state index in [0.717, 1.165) is 4.47 Å². The van der Waals surface area contributed by atoms with Crippen LogP contribution in [0.1, 0.15) is 0 Å². The van der Waals surface area contributed by atoms with E-state index in [2.05, 4.69) is 41.8 Å². The van der Waals surface area contributed by atoms with Gasteiger partial charge in [0, 0.05) is 10.5 Å². The SMILES string of the molecule is Nc1cc(Br)nc(Oc2cc(Br)ccc2Cl)n1. The van der Waals surface area contributed by atoms with Crippen molar-refractivity contribution in [1.82, 2.24) is 9.97 Å². The average molecular weight is 379 g/mol. The topological polar surface area (TPSA) is 61.0 Å². The molecular weight excluding hydrogens is 373 g/mol. The van der Waals surface area contributed by atoms with Gasteiger partial charge < -0.3 is 10.5 Å². The lowest BCUT2D eigenvalue weighted by Gasteiger charge is -2.06. The Bertz CT molecular complexity index is 545. The van der Waals surface area contributed by atoms with Crippen molar-refractivity contribution in [2.45, 2.75) is 0 Å². The van der Waals surface area contributed by atoms with E-state index in [1.807, 2.05) is 6.07 Å². The van der Waals surface area contributed by atoms with Gasteiger partial charge >= 0.3 is 6.01 Å². The van der Waals surface area contributed by atoms with E-state index in [9.17, 15) is 0 Å². The van der Waals surface area contributed by atoms with Crippen LogP contribution in [0.2, 0.25) is 5.02 Å². The molecule has 0 fully saturated rings. The number of ether oxygens (including phenoxy) is 1. The molecule has 0 aliphatic rings. The summed E-state index contributed by atoms with van der Waals surface area (Å²) in [7, 11) is 0. The van der Waals surface area contributed by atoms with E-state index in [0.29, 0.717) is 21.2 Å². The minimum absolute atomic E-state index is 0.136. The van der Waals surface area contributed by atoms with Gasteiger partial charge in [0.15, 0.2) is 5.75 Å². The lowest BCUT2D eigenvalue weighted by Crippen LogP contribution is -1.97. The van der Waals surface area contributed by atoms with E-state index in [1.54, 1.807) is 18.2 Å². The zero-order valence-electron chi connectivity index (χ0n) is 8.32. The second-order valence-electron chi connectivity index (χ2n) is 3.07. The summed E-state index contributed by atoms with van der Waals surface area (Å²) in [6.07, 6.45) is 0. The summed E-state index contributed by atoms with van der Waals surface area (Å²) in [5, 5.41) is 0.468. The molecule has 0 saturated heterocycles.